The van der Waals surface area contributed by atoms with Crippen LogP contribution in [0.25, 0.3) is 12.2 Å². The Balaban J connectivity index is 2.31. The fourth-order valence-electron chi connectivity index (χ4n) is 1.46. The highest BCUT2D eigenvalue weighted by molar-refractivity contribution is 5.75. The molecule has 2 aromatic carbocycles. The molecule has 0 heterocycles. The maximum absolute atomic E-state index is 9.56. The largest absolute Gasteiger partial charge is 0.507 e. The average Bonchev–Trinajstić information content (AvgIpc) is 2.30. The molecule has 0 spiro atoms. The van der Waals surface area contributed by atoms with Gasteiger partial charge in [0.15, 0.2) is 0 Å². The average molecular weight is 212 g/mol. The maximum atomic E-state index is 9.56. The predicted octanol–water partition coefficient (Wildman–Crippen LogP) is 3.27. The maximum Gasteiger partial charge on any atom is 0.126 e. The molecule has 0 bridgehead atoms. The van der Waals surface area contributed by atoms with E-state index >= 15 is 0 Å². The molecule has 0 radical (unpaired) electrons. The summed E-state index contributed by atoms with van der Waals surface area (Å²) in [5.74, 6) is 0.152. The van der Waals surface area contributed by atoms with Gasteiger partial charge in [-0.3, -0.25) is 0 Å². The van der Waals surface area contributed by atoms with Crippen LogP contribution < -0.4 is 0 Å². The molecule has 2 rings (SSSR count). The van der Waals surface area contributed by atoms with Crippen LogP contribution in [0.3, 0.4) is 0 Å². The summed E-state index contributed by atoms with van der Waals surface area (Å²) < 4.78 is 0. The summed E-state index contributed by atoms with van der Waals surface area (Å²) in [5.41, 5.74) is 1.46. The smallest absolute Gasteiger partial charge is 0.126 e. The van der Waals surface area contributed by atoms with Gasteiger partial charge in [-0.25, -0.2) is 0 Å². The first-order valence-corrected chi connectivity index (χ1v) is 5.01. The minimum Gasteiger partial charge on any atom is -0.507 e. The molecule has 0 fully saturated rings. The number of phenols is 2. The Morgan fingerprint density at radius 1 is 0.688 bits per heavy atom. The second-order valence-corrected chi connectivity index (χ2v) is 3.45. The van der Waals surface area contributed by atoms with E-state index in [2.05, 4.69) is 0 Å². The summed E-state index contributed by atoms with van der Waals surface area (Å²) in [6.45, 7) is 0. The minimum atomic E-state index is 0.0761. The van der Waals surface area contributed by atoms with Crippen molar-refractivity contribution >= 4 is 12.2 Å². The Kier molecular flexibility index (Phi) is 2.92. The third-order valence-electron chi connectivity index (χ3n) is 2.30. The van der Waals surface area contributed by atoms with Crippen molar-refractivity contribution < 1.29 is 10.2 Å². The summed E-state index contributed by atoms with van der Waals surface area (Å²) in [5, 5.41) is 19.1. The topological polar surface area (TPSA) is 40.5 Å². The molecule has 16 heavy (non-hydrogen) atoms. The van der Waals surface area contributed by atoms with E-state index in [9.17, 15) is 10.2 Å². The van der Waals surface area contributed by atoms with Gasteiger partial charge in [0.25, 0.3) is 0 Å². The van der Waals surface area contributed by atoms with Gasteiger partial charge in [-0.2, -0.15) is 0 Å². The van der Waals surface area contributed by atoms with E-state index < -0.39 is 0 Å². The van der Waals surface area contributed by atoms with Gasteiger partial charge in [0.2, 0.25) is 0 Å². The van der Waals surface area contributed by atoms with Crippen LogP contribution in [0.4, 0.5) is 0 Å². The van der Waals surface area contributed by atoms with E-state index in [1.807, 2.05) is 36.4 Å². The summed E-state index contributed by atoms with van der Waals surface area (Å²) in [7, 11) is 0. The molecule has 0 aliphatic carbocycles. The molecular weight excluding hydrogens is 200 g/mol. The highest BCUT2D eigenvalue weighted by Gasteiger charge is 2.01. The van der Waals surface area contributed by atoms with Crippen LogP contribution in [0, 0.1) is 0 Å². The van der Waals surface area contributed by atoms with Crippen molar-refractivity contribution in [1.82, 2.24) is 0 Å². The number of phenolic OH excluding ortho intramolecular Hbond substituents is 2. The third kappa shape index (κ3) is 2.23. The molecule has 2 aromatic rings. The molecule has 80 valence electrons. The lowest BCUT2D eigenvalue weighted by Gasteiger charge is -2.01. The van der Waals surface area contributed by atoms with E-state index in [0.29, 0.717) is 5.56 Å². The number of hydrogen-bond acceptors (Lipinski definition) is 2. The molecule has 2 N–H and O–H groups in total. The van der Waals surface area contributed by atoms with Crippen molar-refractivity contribution in [2.45, 2.75) is 0 Å². The van der Waals surface area contributed by atoms with Gasteiger partial charge in [-0.15, -0.1) is 0 Å². The Morgan fingerprint density at radius 3 is 1.94 bits per heavy atom. The van der Waals surface area contributed by atoms with Gasteiger partial charge in [0, 0.05) is 0 Å². The Bertz CT molecular complexity index is 481. The van der Waals surface area contributed by atoms with Crippen molar-refractivity contribution in [2.24, 2.45) is 0 Å². The first-order chi connectivity index (χ1) is 7.77. The van der Waals surface area contributed by atoms with Crippen LogP contribution in [0.5, 0.6) is 11.5 Å². The van der Waals surface area contributed by atoms with Gasteiger partial charge in [0.05, 0.1) is 5.56 Å². The summed E-state index contributed by atoms with van der Waals surface area (Å²) in [6.07, 6.45) is 3.54. The zero-order valence-corrected chi connectivity index (χ0v) is 8.67. The zero-order valence-electron chi connectivity index (χ0n) is 8.67. The molecule has 2 nitrogen and oxygen atoms in total. The molecule has 0 aromatic heterocycles. The highest BCUT2D eigenvalue weighted by atomic mass is 16.3. The molecule has 0 aliphatic heterocycles. The van der Waals surface area contributed by atoms with Gasteiger partial charge in [0.1, 0.15) is 11.5 Å². The number of aromatic hydroxyl groups is 2. The van der Waals surface area contributed by atoms with Gasteiger partial charge < -0.3 is 10.2 Å². The lowest BCUT2D eigenvalue weighted by atomic mass is 10.1. The molecule has 0 amide bonds. The molecular formula is C14H12O2. The number of hydrogen-bond donors (Lipinski definition) is 2. The fraction of sp³-hybridized carbons (Fsp3) is 0. The van der Waals surface area contributed by atoms with Crippen LogP contribution >= 0.6 is 0 Å². The first kappa shape index (κ1) is 10.3. The molecule has 0 saturated carbocycles. The van der Waals surface area contributed by atoms with E-state index in [0.717, 1.165) is 5.56 Å². The van der Waals surface area contributed by atoms with Crippen molar-refractivity contribution in [1.29, 1.82) is 0 Å². The van der Waals surface area contributed by atoms with Crippen LogP contribution in [-0.2, 0) is 0 Å². The van der Waals surface area contributed by atoms with Crippen LogP contribution in [0.15, 0.2) is 48.5 Å². The first-order valence-electron chi connectivity index (χ1n) is 5.01. The van der Waals surface area contributed by atoms with Crippen LogP contribution in [0.2, 0.25) is 0 Å². The summed E-state index contributed by atoms with van der Waals surface area (Å²) in [4.78, 5) is 0. The standard InChI is InChI=1S/C14H12O2/c15-13-7-4-8-14(16)12(13)10-9-11-5-2-1-3-6-11/h1-10,15-16H/b10-9+. The van der Waals surface area contributed by atoms with E-state index in [1.54, 1.807) is 24.3 Å². The van der Waals surface area contributed by atoms with Gasteiger partial charge >= 0.3 is 0 Å². The highest BCUT2D eigenvalue weighted by Crippen LogP contribution is 2.28. The quantitative estimate of drug-likeness (QED) is 0.750. The van der Waals surface area contributed by atoms with E-state index in [-0.39, 0.29) is 11.5 Å². The second kappa shape index (κ2) is 4.53. The fourth-order valence-corrected chi connectivity index (χ4v) is 1.46. The van der Waals surface area contributed by atoms with Gasteiger partial charge in [-0.1, -0.05) is 42.5 Å². The summed E-state index contributed by atoms with van der Waals surface area (Å²) >= 11 is 0. The van der Waals surface area contributed by atoms with Crippen molar-refractivity contribution in [3.63, 3.8) is 0 Å². The lowest BCUT2D eigenvalue weighted by Crippen LogP contribution is -1.76. The minimum absolute atomic E-state index is 0.0761. The molecule has 0 saturated heterocycles. The van der Waals surface area contributed by atoms with Gasteiger partial charge in [-0.05, 0) is 23.8 Å². The molecule has 0 unspecified atom stereocenters. The zero-order chi connectivity index (χ0) is 11.4. The predicted molar refractivity (Wildman–Crippen MR) is 65.1 cm³/mol. The Morgan fingerprint density at radius 2 is 1.31 bits per heavy atom. The molecule has 2 heteroatoms. The Hall–Kier alpha value is -2.22. The van der Waals surface area contributed by atoms with Crippen molar-refractivity contribution in [3.8, 4) is 11.5 Å². The second-order valence-electron chi connectivity index (χ2n) is 3.45. The molecule has 0 aliphatic rings. The number of rotatable bonds is 2. The van der Waals surface area contributed by atoms with Crippen molar-refractivity contribution in [3.05, 3.63) is 59.7 Å². The van der Waals surface area contributed by atoms with E-state index in [1.165, 1.54) is 0 Å². The normalized spacial score (nSPS) is 10.8. The summed E-state index contributed by atoms with van der Waals surface area (Å²) in [6, 6.07) is 14.4. The van der Waals surface area contributed by atoms with Crippen LogP contribution in [0.1, 0.15) is 11.1 Å². The molecule has 0 atom stereocenters. The lowest BCUT2D eigenvalue weighted by molar-refractivity contribution is 0.448. The number of benzene rings is 2. The van der Waals surface area contributed by atoms with Crippen LogP contribution in [-0.4, -0.2) is 10.2 Å². The van der Waals surface area contributed by atoms with Crippen molar-refractivity contribution in [2.75, 3.05) is 0 Å². The van der Waals surface area contributed by atoms with E-state index in [4.69, 9.17) is 0 Å². The monoisotopic (exact) mass is 212 g/mol. The SMILES string of the molecule is Oc1cccc(O)c1/C=C/c1ccccc1. The Labute approximate surface area is 94.1 Å². The third-order valence-corrected chi connectivity index (χ3v) is 2.30.